The fraction of sp³-hybridized carbons (Fsp3) is 0.917. The molecular formula is C12H20FNO. The number of nitrogens with one attached hydrogen (secondary N) is 1. The number of halogens is 1. The topological polar surface area (TPSA) is 29.1 Å². The lowest BCUT2D eigenvalue weighted by atomic mass is 9.87. The molecule has 2 fully saturated rings. The fourth-order valence-electron chi connectivity index (χ4n) is 2.92. The molecule has 2 saturated heterocycles. The summed E-state index contributed by atoms with van der Waals surface area (Å²) in [6, 6.07) is 1.16. The molecule has 0 amide bonds. The Bertz CT molecular complexity index is 220. The SMILES string of the molecule is O=C(CCCCF)C1CC2CCC(C1)N2. The van der Waals surface area contributed by atoms with Gasteiger partial charge >= 0.3 is 0 Å². The molecule has 0 radical (unpaired) electrons. The minimum atomic E-state index is -0.287. The lowest BCUT2D eigenvalue weighted by molar-refractivity contribution is -0.124. The first-order valence-electron chi connectivity index (χ1n) is 6.14. The van der Waals surface area contributed by atoms with E-state index in [0.29, 0.717) is 30.7 Å². The average molecular weight is 213 g/mol. The van der Waals surface area contributed by atoms with Crippen molar-refractivity contribution < 1.29 is 9.18 Å². The summed E-state index contributed by atoms with van der Waals surface area (Å²) in [6.45, 7) is -0.287. The van der Waals surface area contributed by atoms with Gasteiger partial charge in [-0.25, -0.2) is 0 Å². The molecule has 15 heavy (non-hydrogen) atoms. The van der Waals surface area contributed by atoms with Gasteiger partial charge in [-0.2, -0.15) is 0 Å². The molecule has 3 heteroatoms. The molecule has 0 spiro atoms. The predicted molar refractivity (Wildman–Crippen MR) is 57.5 cm³/mol. The summed E-state index contributed by atoms with van der Waals surface area (Å²) < 4.78 is 11.9. The number of hydrogen-bond acceptors (Lipinski definition) is 2. The van der Waals surface area contributed by atoms with Crippen molar-refractivity contribution in [2.24, 2.45) is 5.92 Å². The monoisotopic (exact) mass is 213 g/mol. The van der Waals surface area contributed by atoms with Crippen molar-refractivity contribution in [1.82, 2.24) is 5.32 Å². The number of ketones is 1. The van der Waals surface area contributed by atoms with Crippen LogP contribution >= 0.6 is 0 Å². The highest BCUT2D eigenvalue weighted by molar-refractivity contribution is 5.81. The van der Waals surface area contributed by atoms with Crippen LogP contribution in [0.3, 0.4) is 0 Å². The molecule has 2 aliphatic rings. The summed E-state index contributed by atoms with van der Waals surface area (Å²) in [6.07, 6.45) is 6.37. The molecule has 2 rings (SSSR count). The first kappa shape index (κ1) is 11.1. The van der Waals surface area contributed by atoms with Crippen molar-refractivity contribution in [2.45, 2.75) is 57.0 Å². The van der Waals surface area contributed by atoms with Crippen LogP contribution in [0.1, 0.15) is 44.9 Å². The number of hydrogen-bond donors (Lipinski definition) is 1. The highest BCUT2D eigenvalue weighted by atomic mass is 19.1. The normalized spacial score (nSPS) is 34.3. The van der Waals surface area contributed by atoms with Gasteiger partial charge in [-0.1, -0.05) is 0 Å². The van der Waals surface area contributed by atoms with E-state index >= 15 is 0 Å². The predicted octanol–water partition coefficient (Wildman–Crippen LogP) is 2.23. The van der Waals surface area contributed by atoms with Crippen molar-refractivity contribution in [3.05, 3.63) is 0 Å². The number of rotatable bonds is 5. The highest BCUT2D eigenvalue weighted by Crippen LogP contribution is 2.32. The molecule has 2 nitrogen and oxygen atoms in total. The second-order valence-corrected chi connectivity index (χ2v) is 4.92. The number of fused-ring (bicyclic) bond motifs is 2. The van der Waals surface area contributed by atoms with Gasteiger partial charge in [0.15, 0.2) is 0 Å². The molecule has 0 aliphatic carbocycles. The van der Waals surface area contributed by atoms with Crippen LogP contribution in [0, 0.1) is 5.92 Å². The third-order valence-electron chi connectivity index (χ3n) is 3.74. The standard InChI is InChI=1S/C12H20FNO/c13-6-2-1-3-12(15)9-7-10-4-5-11(8-9)14-10/h9-11,14H,1-8H2. The summed E-state index contributed by atoms with van der Waals surface area (Å²) in [5, 5.41) is 3.53. The summed E-state index contributed by atoms with van der Waals surface area (Å²) in [5.41, 5.74) is 0. The van der Waals surface area contributed by atoms with Gasteiger partial charge in [0.1, 0.15) is 5.78 Å². The average Bonchev–Trinajstić information content (AvgIpc) is 2.58. The van der Waals surface area contributed by atoms with Crippen LogP contribution in [-0.2, 0) is 4.79 Å². The van der Waals surface area contributed by atoms with Gasteiger partial charge in [0.25, 0.3) is 0 Å². The summed E-state index contributed by atoms with van der Waals surface area (Å²) in [7, 11) is 0. The van der Waals surface area contributed by atoms with E-state index in [1.54, 1.807) is 0 Å². The summed E-state index contributed by atoms with van der Waals surface area (Å²) in [5.74, 6) is 0.644. The maximum atomic E-state index is 11.9. The van der Waals surface area contributed by atoms with E-state index in [1.165, 1.54) is 12.8 Å². The molecule has 2 aliphatic heterocycles. The van der Waals surface area contributed by atoms with E-state index in [4.69, 9.17) is 0 Å². The van der Waals surface area contributed by atoms with Crippen LogP contribution in [0.15, 0.2) is 0 Å². The van der Waals surface area contributed by atoms with Gasteiger partial charge in [-0.3, -0.25) is 9.18 Å². The zero-order chi connectivity index (χ0) is 10.7. The molecule has 0 aromatic heterocycles. The van der Waals surface area contributed by atoms with E-state index in [1.807, 2.05) is 0 Å². The van der Waals surface area contributed by atoms with Gasteiger partial charge in [-0.15, -0.1) is 0 Å². The van der Waals surface area contributed by atoms with Crippen LogP contribution in [-0.4, -0.2) is 24.5 Å². The molecule has 2 unspecified atom stereocenters. The molecule has 2 bridgehead atoms. The maximum Gasteiger partial charge on any atom is 0.136 e. The third-order valence-corrected chi connectivity index (χ3v) is 3.74. The Morgan fingerprint density at radius 1 is 1.20 bits per heavy atom. The van der Waals surface area contributed by atoms with Crippen LogP contribution in [0.2, 0.25) is 0 Å². The zero-order valence-electron chi connectivity index (χ0n) is 9.18. The van der Waals surface area contributed by atoms with Crippen LogP contribution in [0.4, 0.5) is 4.39 Å². The molecule has 0 saturated carbocycles. The molecular weight excluding hydrogens is 193 g/mol. The van der Waals surface area contributed by atoms with Gasteiger partial charge in [0.05, 0.1) is 6.67 Å². The Labute approximate surface area is 90.6 Å². The highest BCUT2D eigenvalue weighted by Gasteiger charge is 2.35. The van der Waals surface area contributed by atoms with Gasteiger partial charge in [-0.05, 0) is 38.5 Å². The minimum absolute atomic E-state index is 0.267. The van der Waals surface area contributed by atoms with Gasteiger partial charge < -0.3 is 5.32 Å². The lowest BCUT2D eigenvalue weighted by Crippen LogP contribution is -2.40. The van der Waals surface area contributed by atoms with Crippen LogP contribution in [0.25, 0.3) is 0 Å². The number of piperidine rings is 1. The van der Waals surface area contributed by atoms with Crippen molar-refractivity contribution in [2.75, 3.05) is 6.67 Å². The van der Waals surface area contributed by atoms with E-state index in [2.05, 4.69) is 5.32 Å². The molecule has 2 heterocycles. The van der Waals surface area contributed by atoms with Gasteiger partial charge in [0.2, 0.25) is 0 Å². The first-order chi connectivity index (χ1) is 7.29. The van der Waals surface area contributed by atoms with Crippen LogP contribution < -0.4 is 5.32 Å². The Hall–Kier alpha value is -0.440. The first-order valence-corrected chi connectivity index (χ1v) is 6.14. The Kier molecular flexibility index (Phi) is 3.73. The second-order valence-electron chi connectivity index (χ2n) is 4.92. The number of carbonyl (C=O) groups is 1. The third kappa shape index (κ3) is 2.77. The smallest absolute Gasteiger partial charge is 0.136 e. The molecule has 86 valence electrons. The molecule has 0 aromatic rings. The van der Waals surface area contributed by atoms with Crippen molar-refractivity contribution in [3.8, 4) is 0 Å². The Balaban J connectivity index is 1.76. The number of alkyl halides is 1. The Morgan fingerprint density at radius 2 is 1.87 bits per heavy atom. The molecule has 1 N–H and O–H groups in total. The minimum Gasteiger partial charge on any atom is -0.311 e. The quantitative estimate of drug-likeness (QED) is 0.709. The van der Waals surface area contributed by atoms with Crippen molar-refractivity contribution in [3.63, 3.8) is 0 Å². The Morgan fingerprint density at radius 3 is 2.47 bits per heavy atom. The number of Topliss-reactive ketones (excluding diaryl/α,β-unsaturated/α-hetero) is 1. The van der Waals surface area contributed by atoms with E-state index in [-0.39, 0.29) is 12.6 Å². The number of unbranched alkanes of at least 4 members (excludes halogenated alkanes) is 1. The lowest BCUT2D eigenvalue weighted by Gasteiger charge is -2.28. The van der Waals surface area contributed by atoms with Crippen LogP contribution in [0.5, 0.6) is 0 Å². The summed E-state index contributed by atoms with van der Waals surface area (Å²) in [4.78, 5) is 11.8. The summed E-state index contributed by atoms with van der Waals surface area (Å²) >= 11 is 0. The number of carbonyl (C=O) groups excluding carboxylic acids is 1. The zero-order valence-corrected chi connectivity index (χ0v) is 9.18. The largest absolute Gasteiger partial charge is 0.311 e. The maximum absolute atomic E-state index is 11.9. The van der Waals surface area contributed by atoms with Gasteiger partial charge in [0, 0.05) is 24.4 Å². The fourth-order valence-corrected chi connectivity index (χ4v) is 2.92. The second kappa shape index (κ2) is 5.06. The van der Waals surface area contributed by atoms with E-state index in [0.717, 1.165) is 19.3 Å². The molecule has 0 aromatic carbocycles. The van der Waals surface area contributed by atoms with Crippen molar-refractivity contribution >= 4 is 5.78 Å². The van der Waals surface area contributed by atoms with Crippen molar-refractivity contribution in [1.29, 1.82) is 0 Å². The molecule has 2 atom stereocenters. The van der Waals surface area contributed by atoms with E-state index < -0.39 is 0 Å². The van der Waals surface area contributed by atoms with E-state index in [9.17, 15) is 9.18 Å².